The number of aromatic nitrogens is 5. The Balaban J connectivity index is 0.00000256. The quantitative estimate of drug-likeness (QED) is 0.650. The van der Waals surface area contributed by atoms with Gasteiger partial charge in [-0.3, -0.25) is 14.8 Å². The van der Waals surface area contributed by atoms with E-state index in [0.717, 1.165) is 48.7 Å². The fraction of sp³-hybridized carbons (Fsp3) is 0.429. The van der Waals surface area contributed by atoms with Crippen molar-refractivity contribution in [2.24, 2.45) is 7.05 Å². The zero-order valence-corrected chi connectivity index (χ0v) is 18.4. The summed E-state index contributed by atoms with van der Waals surface area (Å²) in [6.07, 6.45) is 2.04. The average Bonchev–Trinajstić information content (AvgIpc) is 3.24. The Bertz CT molecular complexity index is 1020. The van der Waals surface area contributed by atoms with E-state index in [9.17, 15) is 4.79 Å². The van der Waals surface area contributed by atoms with Crippen LogP contribution in [0.1, 0.15) is 51.9 Å². The summed E-state index contributed by atoms with van der Waals surface area (Å²) in [5, 5.41) is 15.3. The summed E-state index contributed by atoms with van der Waals surface area (Å²) >= 11 is 0. The van der Waals surface area contributed by atoms with Crippen LogP contribution in [0, 0.1) is 13.8 Å². The molecular formula is C21H28ClN7O. The molecule has 2 aromatic heterocycles. The molecule has 9 heteroatoms. The number of halogens is 1. The number of carbonyl (C=O) groups excluding carboxylic acids is 1. The molecule has 0 unspecified atom stereocenters. The lowest BCUT2D eigenvalue weighted by atomic mass is 9.98. The lowest BCUT2D eigenvalue weighted by Crippen LogP contribution is -2.27. The first kappa shape index (κ1) is 22.0. The number of rotatable bonds is 5. The lowest BCUT2D eigenvalue weighted by molar-refractivity contribution is 0.102. The van der Waals surface area contributed by atoms with Crippen LogP contribution in [0.25, 0.3) is 0 Å². The molecule has 3 heterocycles. The first-order valence-corrected chi connectivity index (χ1v) is 10.0. The highest BCUT2D eigenvalue weighted by atomic mass is 35.5. The highest BCUT2D eigenvalue weighted by Crippen LogP contribution is 2.23. The Morgan fingerprint density at radius 3 is 2.67 bits per heavy atom. The van der Waals surface area contributed by atoms with Crippen LogP contribution in [0.3, 0.4) is 0 Å². The summed E-state index contributed by atoms with van der Waals surface area (Å²) in [7, 11) is 1.81. The SMILES string of the molecule is Cc1cc(C)n(Cc2cccc(C(=O)Nc3nc(C4CCNCC4)nn3C)c2)n1.Cl. The van der Waals surface area contributed by atoms with E-state index in [1.54, 1.807) is 4.68 Å². The molecule has 0 bridgehead atoms. The van der Waals surface area contributed by atoms with Crippen LogP contribution in [0.2, 0.25) is 0 Å². The normalized spacial score (nSPS) is 14.4. The van der Waals surface area contributed by atoms with Gasteiger partial charge in [-0.2, -0.15) is 15.2 Å². The van der Waals surface area contributed by atoms with Crippen molar-refractivity contribution in [2.45, 2.75) is 39.2 Å². The van der Waals surface area contributed by atoms with Gasteiger partial charge >= 0.3 is 0 Å². The van der Waals surface area contributed by atoms with Crippen LogP contribution >= 0.6 is 12.4 Å². The molecule has 8 nitrogen and oxygen atoms in total. The largest absolute Gasteiger partial charge is 0.317 e. The Labute approximate surface area is 182 Å². The van der Waals surface area contributed by atoms with E-state index in [1.165, 1.54) is 0 Å². The first-order chi connectivity index (χ1) is 14.0. The Kier molecular flexibility index (Phi) is 6.89. The average molecular weight is 430 g/mol. The van der Waals surface area contributed by atoms with E-state index in [2.05, 4.69) is 25.8 Å². The van der Waals surface area contributed by atoms with E-state index in [1.807, 2.05) is 55.9 Å². The number of nitrogens with one attached hydrogen (secondary N) is 2. The molecule has 1 saturated heterocycles. The molecule has 4 rings (SSSR count). The standard InChI is InChI=1S/C21H27N7O.ClH/c1-14-11-15(2)28(25-14)13-16-5-4-6-18(12-16)20(29)24-21-23-19(26-27(21)3)17-7-9-22-10-8-17;/h4-6,11-12,17,22H,7-10,13H2,1-3H3,(H,23,24,26,29);1H. The summed E-state index contributed by atoms with van der Waals surface area (Å²) in [5.74, 6) is 1.44. The van der Waals surface area contributed by atoms with Crippen molar-refractivity contribution < 1.29 is 4.79 Å². The number of piperidine rings is 1. The van der Waals surface area contributed by atoms with Gasteiger partial charge in [0.1, 0.15) is 0 Å². The predicted octanol–water partition coefficient (Wildman–Crippen LogP) is 2.82. The summed E-state index contributed by atoms with van der Waals surface area (Å²) in [6.45, 7) is 6.60. The van der Waals surface area contributed by atoms with Crippen molar-refractivity contribution in [3.8, 4) is 0 Å². The molecule has 0 saturated carbocycles. The van der Waals surface area contributed by atoms with Gasteiger partial charge in [-0.15, -0.1) is 12.4 Å². The van der Waals surface area contributed by atoms with E-state index >= 15 is 0 Å². The first-order valence-electron chi connectivity index (χ1n) is 10.0. The van der Waals surface area contributed by atoms with Crippen molar-refractivity contribution in [3.05, 3.63) is 58.7 Å². The third-order valence-electron chi connectivity index (χ3n) is 5.33. The van der Waals surface area contributed by atoms with E-state index < -0.39 is 0 Å². The zero-order chi connectivity index (χ0) is 20.4. The second kappa shape index (κ2) is 9.40. The number of benzene rings is 1. The number of aryl methyl sites for hydroxylation is 3. The molecular weight excluding hydrogens is 402 g/mol. The molecule has 1 fully saturated rings. The number of hydrogen-bond donors (Lipinski definition) is 2. The fourth-order valence-corrected chi connectivity index (χ4v) is 3.76. The van der Waals surface area contributed by atoms with E-state index in [4.69, 9.17) is 0 Å². The van der Waals surface area contributed by atoms with Gasteiger partial charge in [0.2, 0.25) is 5.95 Å². The second-order valence-corrected chi connectivity index (χ2v) is 7.68. The Morgan fingerprint density at radius 1 is 1.20 bits per heavy atom. The molecule has 30 heavy (non-hydrogen) atoms. The number of nitrogens with zero attached hydrogens (tertiary/aromatic N) is 5. The fourth-order valence-electron chi connectivity index (χ4n) is 3.76. The zero-order valence-electron chi connectivity index (χ0n) is 17.6. The van der Waals surface area contributed by atoms with Crippen LogP contribution in [0.5, 0.6) is 0 Å². The monoisotopic (exact) mass is 429 g/mol. The van der Waals surface area contributed by atoms with Gasteiger partial charge in [0.15, 0.2) is 5.82 Å². The van der Waals surface area contributed by atoms with Crippen LogP contribution in [0.15, 0.2) is 30.3 Å². The van der Waals surface area contributed by atoms with E-state index in [-0.39, 0.29) is 18.3 Å². The van der Waals surface area contributed by atoms with Crippen LogP contribution in [0.4, 0.5) is 5.95 Å². The number of amides is 1. The maximum absolute atomic E-state index is 12.8. The maximum atomic E-state index is 12.8. The predicted molar refractivity (Wildman–Crippen MR) is 118 cm³/mol. The third kappa shape index (κ3) is 4.88. The van der Waals surface area contributed by atoms with Gasteiger partial charge in [-0.05, 0) is 63.5 Å². The number of hydrogen-bond acceptors (Lipinski definition) is 5. The highest BCUT2D eigenvalue weighted by Gasteiger charge is 2.21. The molecule has 160 valence electrons. The second-order valence-electron chi connectivity index (χ2n) is 7.68. The number of anilines is 1. The van der Waals surface area contributed by atoms with Crippen molar-refractivity contribution in [3.63, 3.8) is 0 Å². The van der Waals surface area contributed by atoms with Crippen molar-refractivity contribution in [2.75, 3.05) is 18.4 Å². The minimum Gasteiger partial charge on any atom is -0.317 e. The molecule has 0 aliphatic carbocycles. The van der Waals surface area contributed by atoms with Crippen LogP contribution in [-0.4, -0.2) is 43.5 Å². The number of carbonyl (C=O) groups is 1. The lowest BCUT2D eigenvalue weighted by Gasteiger charge is -2.19. The third-order valence-corrected chi connectivity index (χ3v) is 5.33. The summed E-state index contributed by atoms with van der Waals surface area (Å²) in [5.41, 5.74) is 3.71. The van der Waals surface area contributed by atoms with Crippen LogP contribution < -0.4 is 10.6 Å². The van der Waals surface area contributed by atoms with Gasteiger partial charge < -0.3 is 5.32 Å². The molecule has 3 aromatic rings. The highest BCUT2D eigenvalue weighted by molar-refractivity contribution is 6.03. The van der Waals surface area contributed by atoms with Gasteiger partial charge in [-0.25, -0.2) is 4.68 Å². The molecule has 0 spiro atoms. The van der Waals surface area contributed by atoms with Gasteiger partial charge in [0, 0.05) is 24.2 Å². The summed E-state index contributed by atoms with van der Waals surface area (Å²) in [4.78, 5) is 17.4. The molecule has 1 aliphatic heterocycles. The topological polar surface area (TPSA) is 89.7 Å². The van der Waals surface area contributed by atoms with Crippen molar-refractivity contribution >= 4 is 24.3 Å². The van der Waals surface area contributed by atoms with Gasteiger partial charge in [0.25, 0.3) is 5.91 Å². The van der Waals surface area contributed by atoms with Gasteiger partial charge in [-0.1, -0.05) is 12.1 Å². The summed E-state index contributed by atoms with van der Waals surface area (Å²) in [6, 6.07) is 9.66. The minimum atomic E-state index is -0.187. The molecule has 1 aromatic carbocycles. The van der Waals surface area contributed by atoms with Crippen LogP contribution in [-0.2, 0) is 13.6 Å². The smallest absolute Gasteiger partial charge is 0.258 e. The molecule has 0 radical (unpaired) electrons. The molecule has 1 aliphatic rings. The Morgan fingerprint density at radius 2 is 1.97 bits per heavy atom. The molecule has 0 atom stereocenters. The minimum absolute atomic E-state index is 0. The molecule has 1 amide bonds. The van der Waals surface area contributed by atoms with Crippen molar-refractivity contribution in [1.29, 1.82) is 0 Å². The Hall–Kier alpha value is -2.71. The summed E-state index contributed by atoms with van der Waals surface area (Å²) < 4.78 is 3.59. The van der Waals surface area contributed by atoms with Crippen molar-refractivity contribution in [1.82, 2.24) is 29.9 Å². The van der Waals surface area contributed by atoms with Gasteiger partial charge in [0.05, 0.1) is 12.2 Å². The molecule has 2 N–H and O–H groups in total. The van der Waals surface area contributed by atoms with E-state index in [0.29, 0.717) is 24.0 Å². The maximum Gasteiger partial charge on any atom is 0.258 e.